The predicted molar refractivity (Wildman–Crippen MR) is 110 cm³/mol. The van der Waals surface area contributed by atoms with Gasteiger partial charge in [-0.05, 0) is 28.7 Å². The van der Waals surface area contributed by atoms with Crippen molar-refractivity contribution in [3.8, 4) is 17.3 Å². The Kier molecular flexibility index (Phi) is 5.31. The van der Waals surface area contributed by atoms with Crippen LogP contribution in [-0.4, -0.2) is 14.7 Å². The summed E-state index contributed by atoms with van der Waals surface area (Å²) < 4.78 is 1.48. The zero-order valence-corrected chi connectivity index (χ0v) is 16.8. The Morgan fingerprint density at radius 3 is 2.37 bits per heavy atom. The van der Waals surface area contributed by atoms with Gasteiger partial charge in [-0.2, -0.15) is 4.98 Å². The van der Waals surface area contributed by atoms with E-state index in [-0.39, 0.29) is 27.7 Å². The largest absolute Gasteiger partial charge is 0.493 e. The molecule has 0 spiro atoms. The minimum atomic E-state index is -0.367. The summed E-state index contributed by atoms with van der Waals surface area (Å²) in [5, 5.41) is 10.5. The van der Waals surface area contributed by atoms with Crippen LogP contribution in [0.15, 0.2) is 53.3 Å². The fourth-order valence-electron chi connectivity index (χ4n) is 2.82. The molecule has 0 aliphatic rings. The molecule has 1 N–H and O–H groups in total. The van der Waals surface area contributed by atoms with Gasteiger partial charge in [0.1, 0.15) is 5.82 Å². The van der Waals surface area contributed by atoms with Gasteiger partial charge in [0.2, 0.25) is 5.88 Å². The van der Waals surface area contributed by atoms with Crippen molar-refractivity contribution in [1.29, 1.82) is 0 Å². The van der Waals surface area contributed by atoms with Gasteiger partial charge in [-0.25, -0.2) is 0 Å². The van der Waals surface area contributed by atoms with E-state index in [1.54, 1.807) is 18.2 Å². The van der Waals surface area contributed by atoms with Gasteiger partial charge in [0.25, 0.3) is 5.56 Å². The minimum absolute atomic E-state index is 0.0505. The molecule has 0 unspecified atom stereocenters. The first-order valence-electron chi connectivity index (χ1n) is 8.51. The molecule has 0 radical (unpaired) electrons. The number of rotatable bonds is 3. The molecular weight excluding hydrogens is 383 g/mol. The molecular formula is C21H20Cl2N2O2. The maximum absolute atomic E-state index is 12.5. The molecule has 1 heterocycles. The number of aromatic nitrogens is 2. The quantitative estimate of drug-likeness (QED) is 0.648. The van der Waals surface area contributed by atoms with Gasteiger partial charge in [-0.3, -0.25) is 9.36 Å². The molecule has 1 aromatic heterocycles. The Hall–Kier alpha value is -2.30. The summed E-state index contributed by atoms with van der Waals surface area (Å²) in [4.78, 5) is 16.7. The van der Waals surface area contributed by atoms with Crippen LogP contribution in [-0.2, 0) is 12.0 Å². The molecule has 3 aromatic rings. The number of hydrogen-bond donors (Lipinski definition) is 1. The first-order valence-corrected chi connectivity index (χ1v) is 9.27. The predicted octanol–water partition coefficient (Wildman–Crippen LogP) is 5.27. The lowest BCUT2D eigenvalue weighted by molar-refractivity contribution is 0.448. The standard InChI is InChI=1S/C21H20Cl2N2O2/c1-21(2,3)14-9-7-13(8-10-14)12-25-18(27)11-17(26)24-20(25)15-5-4-6-16(22)19(15)23/h4-11,26H,12H2,1-3H3. The van der Waals surface area contributed by atoms with Crippen LogP contribution < -0.4 is 5.56 Å². The molecule has 0 aliphatic carbocycles. The SMILES string of the molecule is CC(C)(C)c1ccc(Cn2c(-c3cccc(Cl)c3Cl)nc(O)cc2=O)cc1. The van der Waals surface area contributed by atoms with Crippen LogP contribution in [0.3, 0.4) is 0 Å². The van der Waals surface area contributed by atoms with E-state index in [2.05, 4.69) is 37.9 Å². The van der Waals surface area contributed by atoms with Crippen molar-refractivity contribution >= 4 is 23.2 Å². The van der Waals surface area contributed by atoms with E-state index in [9.17, 15) is 9.90 Å². The van der Waals surface area contributed by atoms with Crippen molar-refractivity contribution in [2.75, 3.05) is 0 Å². The van der Waals surface area contributed by atoms with Crippen LogP contribution in [0.2, 0.25) is 10.0 Å². The molecule has 140 valence electrons. The molecule has 2 aromatic carbocycles. The van der Waals surface area contributed by atoms with Crippen molar-refractivity contribution in [3.05, 3.63) is 80.1 Å². The fraction of sp³-hybridized carbons (Fsp3) is 0.238. The summed E-state index contributed by atoms with van der Waals surface area (Å²) in [7, 11) is 0. The lowest BCUT2D eigenvalue weighted by Crippen LogP contribution is -2.23. The molecule has 4 nitrogen and oxygen atoms in total. The second-order valence-electron chi connectivity index (χ2n) is 7.41. The van der Waals surface area contributed by atoms with Crippen molar-refractivity contribution in [1.82, 2.24) is 9.55 Å². The topological polar surface area (TPSA) is 55.1 Å². The van der Waals surface area contributed by atoms with Crippen molar-refractivity contribution in [2.45, 2.75) is 32.7 Å². The van der Waals surface area contributed by atoms with Crippen LogP contribution in [0, 0.1) is 0 Å². The third kappa shape index (κ3) is 4.18. The summed E-state index contributed by atoms with van der Waals surface area (Å²) in [6.07, 6.45) is 0. The van der Waals surface area contributed by atoms with E-state index in [4.69, 9.17) is 23.2 Å². The first kappa shape index (κ1) is 19.5. The Labute approximate surface area is 168 Å². The molecule has 0 bridgehead atoms. The average molecular weight is 403 g/mol. The van der Waals surface area contributed by atoms with Crippen LogP contribution in [0.25, 0.3) is 11.4 Å². The highest BCUT2D eigenvalue weighted by Gasteiger charge is 2.17. The molecule has 0 saturated carbocycles. The number of hydrogen-bond acceptors (Lipinski definition) is 3. The highest BCUT2D eigenvalue weighted by molar-refractivity contribution is 6.43. The summed E-state index contributed by atoms with van der Waals surface area (Å²) in [5.74, 6) is -0.0854. The first-order chi connectivity index (χ1) is 12.7. The number of benzene rings is 2. The Bertz CT molecular complexity index is 1040. The smallest absolute Gasteiger partial charge is 0.257 e. The van der Waals surface area contributed by atoms with E-state index in [1.807, 2.05) is 12.1 Å². The fourth-order valence-corrected chi connectivity index (χ4v) is 3.21. The molecule has 0 fully saturated rings. The number of aromatic hydroxyl groups is 1. The average Bonchev–Trinajstić information content (AvgIpc) is 2.59. The van der Waals surface area contributed by atoms with Gasteiger partial charge < -0.3 is 5.11 Å². The van der Waals surface area contributed by atoms with E-state index >= 15 is 0 Å². The van der Waals surface area contributed by atoms with Crippen LogP contribution in [0.1, 0.15) is 31.9 Å². The lowest BCUT2D eigenvalue weighted by Gasteiger charge is -2.19. The van der Waals surface area contributed by atoms with Crippen LogP contribution in [0.5, 0.6) is 5.88 Å². The van der Waals surface area contributed by atoms with Crippen molar-refractivity contribution < 1.29 is 5.11 Å². The minimum Gasteiger partial charge on any atom is -0.493 e. The normalized spacial score (nSPS) is 11.6. The third-order valence-electron chi connectivity index (χ3n) is 4.35. The Morgan fingerprint density at radius 1 is 1.07 bits per heavy atom. The zero-order valence-electron chi connectivity index (χ0n) is 15.3. The maximum atomic E-state index is 12.5. The van der Waals surface area contributed by atoms with Gasteiger partial charge in [-0.15, -0.1) is 0 Å². The lowest BCUT2D eigenvalue weighted by atomic mass is 9.87. The van der Waals surface area contributed by atoms with Crippen molar-refractivity contribution in [3.63, 3.8) is 0 Å². The zero-order chi connectivity index (χ0) is 19.8. The second kappa shape index (κ2) is 7.37. The monoisotopic (exact) mass is 402 g/mol. The molecule has 0 aliphatic heterocycles. The van der Waals surface area contributed by atoms with E-state index < -0.39 is 0 Å². The van der Waals surface area contributed by atoms with Gasteiger partial charge >= 0.3 is 0 Å². The molecule has 3 rings (SSSR count). The molecule has 6 heteroatoms. The van der Waals surface area contributed by atoms with Crippen molar-refractivity contribution in [2.24, 2.45) is 0 Å². The summed E-state index contributed by atoms with van der Waals surface area (Å²) in [6.45, 7) is 6.75. The van der Waals surface area contributed by atoms with E-state index in [0.29, 0.717) is 17.1 Å². The Morgan fingerprint density at radius 2 is 1.74 bits per heavy atom. The molecule has 27 heavy (non-hydrogen) atoms. The van der Waals surface area contributed by atoms with Crippen LogP contribution >= 0.6 is 23.2 Å². The van der Waals surface area contributed by atoms with E-state index in [0.717, 1.165) is 11.6 Å². The molecule has 0 atom stereocenters. The maximum Gasteiger partial charge on any atom is 0.257 e. The van der Waals surface area contributed by atoms with Gasteiger partial charge in [0.05, 0.1) is 22.7 Å². The van der Waals surface area contributed by atoms with E-state index in [1.165, 1.54) is 10.1 Å². The number of nitrogens with zero attached hydrogens (tertiary/aromatic N) is 2. The highest BCUT2D eigenvalue weighted by atomic mass is 35.5. The van der Waals surface area contributed by atoms with Gasteiger partial charge in [0.15, 0.2) is 0 Å². The third-order valence-corrected chi connectivity index (χ3v) is 5.17. The molecule has 0 amide bonds. The summed E-state index contributed by atoms with van der Waals surface area (Å²) in [6, 6.07) is 14.3. The second-order valence-corrected chi connectivity index (χ2v) is 8.20. The number of halogens is 2. The van der Waals surface area contributed by atoms with Gasteiger partial charge in [-0.1, -0.05) is 74.3 Å². The summed E-state index contributed by atoms with van der Waals surface area (Å²) in [5.41, 5.74) is 2.32. The summed E-state index contributed by atoms with van der Waals surface area (Å²) >= 11 is 12.4. The van der Waals surface area contributed by atoms with Crippen LogP contribution in [0.4, 0.5) is 0 Å². The Balaban J connectivity index is 2.08. The molecule has 0 saturated heterocycles. The van der Waals surface area contributed by atoms with Gasteiger partial charge in [0, 0.05) is 5.56 Å². The highest BCUT2D eigenvalue weighted by Crippen LogP contribution is 2.33.